The Morgan fingerprint density at radius 1 is 1.29 bits per heavy atom. The lowest BCUT2D eigenvalue weighted by Crippen LogP contribution is -2.16. The molecule has 2 N–H and O–H groups in total. The van der Waals surface area contributed by atoms with Crippen LogP contribution in [0.4, 0.5) is 17.6 Å². The molecule has 0 aliphatic heterocycles. The summed E-state index contributed by atoms with van der Waals surface area (Å²) in [4.78, 5) is 5.15. The molecule has 1 atom stereocenters. The first-order valence-corrected chi connectivity index (χ1v) is 7.30. The highest BCUT2D eigenvalue weighted by Gasteiger charge is 2.35. The van der Waals surface area contributed by atoms with E-state index in [2.05, 4.69) is 4.98 Å². The summed E-state index contributed by atoms with van der Waals surface area (Å²) in [6.07, 6.45) is -2.12. The molecule has 0 saturated heterocycles. The SMILES string of the molecule is NC1CCCc2sc(-c3cc(F)ccc3C(F)(F)F)nc21. The summed E-state index contributed by atoms with van der Waals surface area (Å²) < 4.78 is 52.5. The van der Waals surface area contributed by atoms with Crippen molar-refractivity contribution < 1.29 is 17.6 Å². The Bertz CT molecular complexity index is 678. The summed E-state index contributed by atoms with van der Waals surface area (Å²) in [5.74, 6) is -0.713. The van der Waals surface area contributed by atoms with E-state index in [4.69, 9.17) is 5.73 Å². The van der Waals surface area contributed by atoms with E-state index >= 15 is 0 Å². The van der Waals surface area contributed by atoms with Crippen molar-refractivity contribution in [2.24, 2.45) is 5.73 Å². The van der Waals surface area contributed by atoms with Crippen molar-refractivity contribution in [3.05, 3.63) is 40.2 Å². The topological polar surface area (TPSA) is 38.9 Å². The third-order valence-corrected chi connectivity index (χ3v) is 4.68. The number of benzene rings is 1. The van der Waals surface area contributed by atoms with Gasteiger partial charge in [0.2, 0.25) is 0 Å². The number of aromatic nitrogens is 1. The fourth-order valence-electron chi connectivity index (χ4n) is 2.51. The summed E-state index contributed by atoms with van der Waals surface area (Å²) in [5, 5.41) is 0.184. The molecular weight excluding hydrogens is 304 g/mol. The van der Waals surface area contributed by atoms with Gasteiger partial charge in [-0.05, 0) is 37.5 Å². The van der Waals surface area contributed by atoms with E-state index in [9.17, 15) is 17.6 Å². The number of thiazole rings is 1. The molecule has 3 rings (SSSR count). The van der Waals surface area contributed by atoms with E-state index in [0.717, 1.165) is 42.3 Å². The number of nitrogens with two attached hydrogens (primary N) is 1. The van der Waals surface area contributed by atoms with E-state index in [0.29, 0.717) is 5.69 Å². The molecule has 2 nitrogen and oxygen atoms in total. The van der Waals surface area contributed by atoms with E-state index < -0.39 is 17.6 Å². The number of halogens is 4. The molecule has 1 heterocycles. The minimum Gasteiger partial charge on any atom is -0.323 e. The summed E-state index contributed by atoms with van der Waals surface area (Å²) >= 11 is 1.17. The number of hydrogen-bond acceptors (Lipinski definition) is 3. The fraction of sp³-hybridized carbons (Fsp3) is 0.357. The lowest BCUT2D eigenvalue weighted by molar-refractivity contribution is -0.137. The van der Waals surface area contributed by atoms with E-state index in [1.54, 1.807) is 0 Å². The van der Waals surface area contributed by atoms with Gasteiger partial charge in [0.15, 0.2) is 0 Å². The molecule has 0 radical (unpaired) electrons. The first-order valence-electron chi connectivity index (χ1n) is 6.48. The van der Waals surface area contributed by atoms with Crippen molar-refractivity contribution in [3.8, 4) is 10.6 Å². The Balaban J connectivity index is 2.15. The van der Waals surface area contributed by atoms with Gasteiger partial charge < -0.3 is 5.73 Å². The van der Waals surface area contributed by atoms with E-state index in [-0.39, 0.29) is 16.6 Å². The Labute approximate surface area is 122 Å². The fourth-order valence-corrected chi connectivity index (χ4v) is 3.71. The molecule has 112 valence electrons. The molecule has 0 saturated carbocycles. The number of aryl methyl sites for hydroxylation is 1. The molecule has 0 spiro atoms. The predicted octanol–water partition coefficient (Wildman–Crippen LogP) is 4.30. The second-order valence-electron chi connectivity index (χ2n) is 5.01. The van der Waals surface area contributed by atoms with Gasteiger partial charge in [0, 0.05) is 16.5 Å². The van der Waals surface area contributed by atoms with Gasteiger partial charge in [0.25, 0.3) is 0 Å². The summed E-state index contributed by atoms with van der Waals surface area (Å²) in [6, 6.07) is 2.21. The van der Waals surface area contributed by atoms with Crippen LogP contribution in [0.2, 0.25) is 0 Å². The summed E-state index contributed by atoms with van der Waals surface area (Å²) in [7, 11) is 0. The second-order valence-corrected chi connectivity index (χ2v) is 6.10. The molecule has 7 heteroatoms. The van der Waals surface area contributed by atoms with E-state index in [1.165, 1.54) is 11.3 Å². The zero-order chi connectivity index (χ0) is 15.2. The second kappa shape index (κ2) is 5.06. The van der Waals surface area contributed by atoms with Crippen LogP contribution in [0.1, 0.15) is 35.0 Å². The maximum atomic E-state index is 13.4. The van der Waals surface area contributed by atoms with E-state index in [1.807, 2.05) is 0 Å². The predicted molar refractivity (Wildman–Crippen MR) is 72.4 cm³/mol. The normalized spacial score (nSPS) is 18.6. The quantitative estimate of drug-likeness (QED) is 0.797. The van der Waals surface area contributed by atoms with Gasteiger partial charge in [0.05, 0.1) is 11.3 Å². The first-order chi connectivity index (χ1) is 9.86. The van der Waals surface area contributed by atoms with Crippen LogP contribution in [0.5, 0.6) is 0 Å². The minimum absolute atomic E-state index is 0.184. The number of rotatable bonds is 1. The van der Waals surface area contributed by atoms with Gasteiger partial charge >= 0.3 is 6.18 Å². The van der Waals surface area contributed by atoms with Crippen molar-refractivity contribution >= 4 is 11.3 Å². The van der Waals surface area contributed by atoms with Crippen LogP contribution in [0.15, 0.2) is 18.2 Å². The molecule has 0 amide bonds. The van der Waals surface area contributed by atoms with Gasteiger partial charge in [-0.1, -0.05) is 0 Å². The highest BCUT2D eigenvalue weighted by atomic mass is 32.1. The maximum Gasteiger partial charge on any atom is 0.417 e. The Morgan fingerprint density at radius 3 is 2.71 bits per heavy atom. The number of fused-ring (bicyclic) bond motifs is 1. The van der Waals surface area contributed by atoms with Gasteiger partial charge in [-0.3, -0.25) is 0 Å². The van der Waals surface area contributed by atoms with Crippen LogP contribution in [0.25, 0.3) is 10.6 Å². The zero-order valence-corrected chi connectivity index (χ0v) is 11.7. The van der Waals surface area contributed by atoms with Crippen molar-refractivity contribution in [1.29, 1.82) is 0 Å². The Kier molecular flexibility index (Phi) is 3.49. The molecule has 1 aliphatic rings. The van der Waals surface area contributed by atoms with Gasteiger partial charge in [-0.15, -0.1) is 11.3 Å². The summed E-state index contributed by atoms with van der Waals surface area (Å²) in [6.45, 7) is 0. The molecule has 1 aromatic heterocycles. The van der Waals surface area contributed by atoms with Gasteiger partial charge in [-0.2, -0.15) is 13.2 Å². The average Bonchev–Trinajstić information content (AvgIpc) is 2.82. The lowest BCUT2D eigenvalue weighted by atomic mass is 9.98. The molecule has 0 bridgehead atoms. The number of alkyl halides is 3. The van der Waals surface area contributed by atoms with Crippen LogP contribution in [-0.4, -0.2) is 4.98 Å². The monoisotopic (exact) mass is 316 g/mol. The van der Waals surface area contributed by atoms with Crippen LogP contribution in [-0.2, 0) is 12.6 Å². The molecular formula is C14H12F4N2S. The van der Waals surface area contributed by atoms with Crippen molar-refractivity contribution in [1.82, 2.24) is 4.98 Å². The number of hydrogen-bond donors (Lipinski definition) is 1. The molecule has 1 aromatic carbocycles. The van der Waals surface area contributed by atoms with Crippen LogP contribution >= 0.6 is 11.3 Å². The Morgan fingerprint density at radius 2 is 2.05 bits per heavy atom. The largest absolute Gasteiger partial charge is 0.417 e. The minimum atomic E-state index is -4.54. The molecule has 2 aromatic rings. The first kappa shape index (κ1) is 14.5. The summed E-state index contributed by atoms with van der Waals surface area (Å²) in [5.41, 5.74) is 5.51. The molecule has 1 unspecified atom stereocenters. The van der Waals surface area contributed by atoms with Gasteiger partial charge in [0.1, 0.15) is 10.8 Å². The highest BCUT2D eigenvalue weighted by Crippen LogP contribution is 2.41. The maximum absolute atomic E-state index is 13.4. The van der Waals surface area contributed by atoms with Crippen LogP contribution in [0.3, 0.4) is 0 Å². The van der Waals surface area contributed by atoms with Gasteiger partial charge in [-0.25, -0.2) is 9.37 Å². The molecule has 1 aliphatic carbocycles. The average molecular weight is 316 g/mol. The van der Waals surface area contributed by atoms with Crippen LogP contribution in [0, 0.1) is 5.82 Å². The molecule has 21 heavy (non-hydrogen) atoms. The smallest absolute Gasteiger partial charge is 0.323 e. The van der Waals surface area contributed by atoms with Crippen molar-refractivity contribution in [3.63, 3.8) is 0 Å². The van der Waals surface area contributed by atoms with Crippen molar-refractivity contribution in [2.75, 3.05) is 0 Å². The Hall–Kier alpha value is -1.47. The van der Waals surface area contributed by atoms with Crippen molar-refractivity contribution in [2.45, 2.75) is 31.5 Å². The standard InChI is InChI=1S/C14H12F4N2S/c15-7-4-5-9(14(16,17)18)8(6-7)13-20-12-10(19)2-1-3-11(12)21-13/h4-6,10H,1-3,19H2. The molecule has 0 fully saturated rings. The lowest BCUT2D eigenvalue weighted by Gasteiger charge is -2.15. The highest BCUT2D eigenvalue weighted by molar-refractivity contribution is 7.15. The van der Waals surface area contributed by atoms with Crippen LogP contribution < -0.4 is 5.73 Å². The number of nitrogens with zero attached hydrogens (tertiary/aromatic N) is 1. The third kappa shape index (κ3) is 2.67. The zero-order valence-electron chi connectivity index (χ0n) is 10.9. The third-order valence-electron chi connectivity index (χ3n) is 3.52.